The molecule has 2 N–H and O–H groups in total. The van der Waals surface area contributed by atoms with E-state index in [9.17, 15) is 9.18 Å². The van der Waals surface area contributed by atoms with Crippen LogP contribution in [0.1, 0.15) is 17.9 Å². The number of H-pyrrole nitrogens is 1. The molecular formula is C21H21ClFN4OS+. The fourth-order valence-corrected chi connectivity index (χ4v) is 4.53. The average Bonchev–Trinajstić information content (AvgIpc) is 3.46. The quantitative estimate of drug-likeness (QED) is 0.556. The number of aryl methyl sites for hydroxylation is 1. The Labute approximate surface area is 177 Å². The van der Waals surface area contributed by atoms with Crippen LogP contribution in [0.25, 0.3) is 11.3 Å². The molecule has 8 heteroatoms. The van der Waals surface area contributed by atoms with Crippen LogP contribution in [-0.4, -0.2) is 29.6 Å². The molecule has 1 aromatic carbocycles. The Kier molecular flexibility index (Phi) is 5.87. The number of carbonyl (C=O) groups is 1. The predicted octanol–water partition coefficient (Wildman–Crippen LogP) is 3.99. The molecule has 29 heavy (non-hydrogen) atoms. The minimum Gasteiger partial charge on any atom is -0.359 e. The van der Waals surface area contributed by atoms with Gasteiger partial charge in [0.05, 0.1) is 5.02 Å². The number of nitrogens with one attached hydrogen (secondary N) is 2. The van der Waals surface area contributed by atoms with Gasteiger partial charge in [0.15, 0.2) is 5.69 Å². The van der Waals surface area contributed by atoms with E-state index in [1.165, 1.54) is 17.3 Å². The molecule has 0 unspecified atom stereocenters. The number of imidazole rings is 1. The van der Waals surface area contributed by atoms with Crippen LogP contribution in [0.3, 0.4) is 0 Å². The van der Waals surface area contributed by atoms with E-state index >= 15 is 0 Å². The zero-order valence-electron chi connectivity index (χ0n) is 15.9. The molecule has 0 bridgehead atoms. The fourth-order valence-electron chi connectivity index (χ4n) is 3.44. The number of aromatic nitrogens is 3. The van der Waals surface area contributed by atoms with Crippen LogP contribution in [0.2, 0.25) is 5.02 Å². The SMILES string of the molecule is CNC(=O)[C@H]1C[C@@H]1c1ccc(-c2[nH]c[n+](CCF)c2Sc2ccc(Cl)cn2)cc1. The number of carbonyl (C=O) groups excluding carboxylic acids is 1. The van der Waals surface area contributed by atoms with E-state index in [0.717, 1.165) is 27.7 Å². The van der Waals surface area contributed by atoms with Crippen LogP contribution in [0.5, 0.6) is 0 Å². The second kappa shape index (κ2) is 8.55. The summed E-state index contributed by atoms with van der Waals surface area (Å²) in [5, 5.41) is 4.97. The zero-order chi connectivity index (χ0) is 20.4. The van der Waals surface area contributed by atoms with Crippen molar-refractivity contribution in [2.75, 3.05) is 13.7 Å². The van der Waals surface area contributed by atoms with Gasteiger partial charge in [-0.05, 0) is 41.8 Å². The number of amides is 1. The number of hydrogen-bond donors (Lipinski definition) is 2. The summed E-state index contributed by atoms with van der Waals surface area (Å²) in [5.41, 5.74) is 3.07. The van der Waals surface area contributed by atoms with E-state index in [0.29, 0.717) is 5.02 Å². The molecule has 3 aromatic rings. The van der Waals surface area contributed by atoms with Gasteiger partial charge in [0.1, 0.15) is 18.2 Å². The van der Waals surface area contributed by atoms with Crippen molar-refractivity contribution >= 4 is 29.3 Å². The third-order valence-corrected chi connectivity index (χ3v) is 6.37. The summed E-state index contributed by atoms with van der Waals surface area (Å²) in [7, 11) is 1.67. The highest BCUT2D eigenvalue weighted by Gasteiger charge is 2.43. The van der Waals surface area contributed by atoms with E-state index < -0.39 is 6.67 Å². The number of hydrogen-bond acceptors (Lipinski definition) is 3. The van der Waals surface area contributed by atoms with Crippen LogP contribution in [0.15, 0.2) is 59.0 Å². The Morgan fingerprint density at radius 3 is 2.79 bits per heavy atom. The lowest BCUT2D eigenvalue weighted by Gasteiger charge is -2.04. The molecule has 0 spiro atoms. The molecule has 2 aromatic heterocycles. The van der Waals surface area contributed by atoms with Crippen LogP contribution < -0.4 is 9.88 Å². The van der Waals surface area contributed by atoms with Crippen molar-refractivity contribution in [2.24, 2.45) is 5.92 Å². The topological polar surface area (TPSA) is 61.7 Å². The summed E-state index contributed by atoms with van der Waals surface area (Å²) < 4.78 is 14.9. The molecule has 0 aliphatic heterocycles. The largest absolute Gasteiger partial charge is 0.359 e. The number of aromatic amines is 1. The lowest BCUT2D eigenvalue weighted by atomic mass is 10.1. The van der Waals surface area contributed by atoms with Crippen molar-refractivity contribution in [1.82, 2.24) is 15.3 Å². The van der Waals surface area contributed by atoms with Crippen LogP contribution in [0.4, 0.5) is 4.39 Å². The summed E-state index contributed by atoms with van der Waals surface area (Å²) >= 11 is 7.39. The summed E-state index contributed by atoms with van der Waals surface area (Å²) in [5.74, 6) is 0.464. The first-order valence-corrected chi connectivity index (χ1v) is 10.6. The summed E-state index contributed by atoms with van der Waals surface area (Å²) in [6.45, 7) is -0.189. The van der Waals surface area contributed by atoms with Gasteiger partial charge in [-0.3, -0.25) is 4.79 Å². The Morgan fingerprint density at radius 2 is 2.14 bits per heavy atom. The maximum absolute atomic E-state index is 13.0. The number of benzene rings is 1. The van der Waals surface area contributed by atoms with E-state index in [2.05, 4.69) is 27.4 Å². The van der Waals surface area contributed by atoms with Crippen molar-refractivity contribution in [3.63, 3.8) is 0 Å². The van der Waals surface area contributed by atoms with Gasteiger partial charge in [-0.2, -0.15) is 0 Å². The molecular weight excluding hydrogens is 411 g/mol. The monoisotopic (exact) mass is 431 g/mol. The maximum Gasteiger partial charge on any atom is 0.243 e. The highest BCUT2D eigenvalue weighted by atomic mass is 35.5. The maximum atomic E-state index is 13.0. The smallest absolute Gasteiger partial charge is 0.243 e. The normalized spacial score (nSPS) is 17.9. The fraction of sp³-hybridized carbons (Fsp3) is 0.286. The Balaban J connectivity index is 1.59. The Hall–Kier alpha value is -2.38. The van der Waals surface area contributed by atoms with Gasteiger partial charge in [0, 0.05) is 24.7 Å². The number of pyridine rings is 1. The van der Waals surface area contributed by atoms with Crippen LogP contribution in [-0.2, 0) is 11.3 Å². The Bertz CT molecular complexity index is 1010. The molecule has 1 aliphatic carbocycles. The number of alkyl halides is 1. The summed E-state index contributed by atoms with van der Waals surface area (Å²) in [6, 6.07) is 11.9. The van der Waals surface area contributed by atoms with Gasteiger partial charge in [0.2, 0.25) is 17.3 Å². The van der Waals surface area contributed by atoms with E-state index in [4.69, 9.17) is 11.6 Å². The molecule has 0 saturated heterocycles. The molecule has 2 heterocycles. The summed E-state index contributed by atoms with van der Waals surface area (Å²) in [6.07, 6.45) is 4.27. The lowest BCUT2D eigenvalue weighted by molar-refractivity contribution is -0.729. The van der Waals surface area contributed by atoms with Crippen molar-refractivity contribution in [3.05, 3.63) is 59.5 Å². The van der Waals surface area contributed by atoms with E-state index in [1.54, 1.807) is 25.6 Å². The third kappa shape index (κ3) is 4.31. The lowest BCUT2D eigenvalue weighted by Crippen LogP contribution is -2.34. The van der Waals surface area contributed by atoms with Crippen LogP contribution >= 0.6 is 23.4 Å². The average molecular weight is 432 g/mol. The van der Waals surface area contributed by atoms with Crippen molar-refractivity contribution in [2.45, 2.75) is 28.9 Å². The molecule has 1 aliphatic rings. The molecule has 1 fully saturated rings. The summed E-state index contributed by atoms with van der Waals surface area (Å²) in [4.78, 5) is 19.4. The van der Waals surface area contributed by atoms with Gasteiger partial charge < -0.3 is 5.32 Å². The van der Waals surface area contributed by atoms with Crippen molar-refractivity contribution in [3.8, 4) is 11.3 Å². The van der Waals surface area contributed by atoms with Gasteiger partial charge in [0.25, 0.3) is 0 Å². The predicted molar refractivity (Wildman–Crippen MR) is 111 cm³/mol. The van der Waals surface area contributed by atoms with Gasteiger partial charge in [-0.1, -0.05) is 35.9 Å². The minimum atomic E-state index is -0.453. The third-order valence-electron chi connectivity index (χ3n) is 5.07. The van der Waals surface area contributed by atoms with E-state index in [1.807, 2.05) is 22.8 Å². The molecule has 150 valence electrons. The molecule has 4 rings (SSSR count). The van der Waals surface area contributed by atoms with Gasteiger partial charge >= 0.3 is 0 Å². The number of halogens is 2. The molecule has 5 nitrogen and oxygen atoms in total. The molecule has 0 radical (unpaired) electrons. The van der Waals surface area contributed by atoms with Gasteiger partial charge in [-0.15, -0.1) is 0 Å². The second-order valence-electron chi connectivity index (χ2n) is 6.94. The van der Waals surface area contributed by atoms with E-state index in [-0.39, 0.29) is 24.3 Å². The first-order valence-electron chi connectivity index (χ1n) is 9.39. The molecule has 1 amide bonds. The molecule has 2 atom stereocenters. The first-order chi connectivity index (χ1) is 14.1. The van der Waals surface area contributed by atoms with Gasteiger partial charge in [-0.25, -0.2) is 18.9 Å². The molecule has 1 saturated carbocycles. The highest BCUT2D eigenvalue weighted by molar-refractivity contribution is 7.99. The Morgan fingerprint density at radius 1 is 1.34 bits per heavy atom. The number of nitrogens with zero attached hydrogens (tertiary/aromatic N) is 2. The second-order valence-corrected chi connectivity index (χ2v) is 8.38. The first kappa shape index (κ1) is 19.9. The van der Waals surface area contributed by atoms with Crippen molar-refractivity contribution in [1.29, 1.82) is 0 Å². The zero-order valence-corrected chi connectivity index (χ0v) is 17.4. The standard InChI is InChI=1S/C21H20ClFN4OS/c1-24-20(28)17-10-16(17)13-2-4-14(5-3-13)19-21(27(9-8-23)12-26-19)29-18-7-6-15(22)11-25-18/h2-7,11-12,16-17H,8-10H2,1H3,(H,24,28)/p+1/t16-,17+/m1/s1. The number of rotatable bonds is 7. The van der Waals surface area contributed by atoms with Crippen molar-refractivity contribution < 1.29 is 13.8 Å². The highest BCUT2D eigenvalue weighted by Crippen LogP contribution is 2.47. The van der Waals surface area contributed by atoms with Crippen LogP contribution in [0, 0.1) is 5.92 Å². The minimum absolute atomic E-state index is 0.0742.